The molecule has 1 fully saturated rings. The van der Waals surface area contributed by atoms with E-state index in [1.807, 2.05) is 24.3 Å². The second-order valence-corrected chi connectivity index (χ2v) is 9.20. The Labute approximate surface area is 206 Å². The molecule has 4 rings (SSSR count). The summed E-state index contributed by atoms with van der Waals surface area (Å²) < 4.78 is 12.7. The quantitative estimate of drug-likeness (QED) is 0.445. The summed E-state index contributed by atoms with van der Waals surface area (Å²) in [5.74, 6) is 0.339. The summed E-state index contributed by atoms with van der Waals surface area (Å²) in [7, 11) is 0. The topological polar surface area (TPSA) is 133 Å². The maximum Gasteiger partial charge on any atom is 0.415 e. The Bertz CT molecular complexity index is 1100. The molecule has 1 aliphatic rings. The highest BCUT2D eigenvalue weighted by Crippen LogP contribution is 2.29. The van der Waals surface area contributed by atoms with E-state index in [9.17, 15) is 9.59 Å². The van der Waals surface area contributed by atoms with Crippen LogP contribution in [0.2, 0.25) is 0 Å². The van der Waals surface area contributed by atoms with E-state index in [-0.39, 0.29) is 24.3 Å². The van der Waals surface area contributed by atoms with Gasteiger partial charge < -0.3 is 19.5 Å². The Morgan fingerprint density at radius 1 is 1.11 bits per heavy atom. The van der Waals surface area contributed by atoms with Crippen LogP contribution < -0.4 is 9.47 Å². The van der Waals surface area contributed by atoms with Gasteiger partial charge in [-0.15, -0.1) is 5.10 Å². The maximum atomic E-state index is 12.6. The highest BCUT2D eigenvalue weighted by Gasteiger charge is 2.26. The first-order valence-corrected chi connectivity index (χ1v) is 12.2. The van der Waals surface area contributed by atoms with E-state index < -0.39 is 5.97 Å². The van der Waals surface area contributed by atoms with Gasteiger partial charge >= 0.3 is 12.1 Å². The number of benzene rings is 1. The first-order chi connectivity index (χ1) is 17.1. The molecule has 2 aromatic heterocycles. The number of tetrazole rings is 1. The number of piperidine rings is 1. The number of carbonyl (C=O) groups is 2. The normalized spacial score (nSPS) is 14.0. The molecule has 1 amide bonds. The van der Waals surface area contributed by atoms with Crippen LogP contribution in [0.15, 0.2) is 53.9 Å². The highest BCUT2D eigenvalue weighted by molar-refractivity contribution is 7.99. The average Bonchev–Trinajstić information content (AvgIpc) is 3.31. The number of rotatable bonds is 10. The van der Waals surface area contributed by atoms with Crippen molar-refractivity contribution < 1.29 is 24.2 Å². The Morgan fingerprint density at radius 3 is 2.63 bits per heavy atom. The second kappa shape index (κ2) is 12.2. The molecule has 3 aromatic rings. The molecule has 0 unspecified atom stereocenters. The number of aryl methyl sites for hydroxylation is 1. The molecule has 1 aromatic carbocycles. The van der Waals surface area contributed by atoms with Crippen molar-refractivity contribution in [1.82, 2.24) is 30.1 Å². The summed E-state index contributed by atoms with van der Waals surface area (Å²) in [5.41, 5.74) is 1.08. The van der Waals surface area contributed by atoms with E-state index in [1.165, 1.54) is 16.4 Å². The van der Waals surface area contributed by atoms with Crippen LogP contribution in [0, 0.1) is 0 Å². The Morgan fingerprint density at radius 2 is 1.91 bits per heavy atom. The number of pyridine rings is 1. The van der Waals surface area contributed by atoms with Gasteiger partial charge in [0, 0.05) is 31.0 Å². The van der Waals surface area contributed by atoms with Gasteiger partial charge in [0.2, 0.25) is 5.16 Å². The number of carbonyl (C=O) groups excluding carboxylic acids is 1. The van der Waals surface area contributed by atoms with E-state index in [2.05, 4.69) is 20.5 Å². The summed E-state index contributed by atoms with van der Waals surface area (Å²) in [6.45, 7) is 1.89. The molecule has 11 nitrogen and oxygen atoms in total. The van der Waals surface area contributed by atoms with Crippen molar-refractivity contribution in [2.24, 2.45) is 0 Å². The molecule has 35 heavy (non-hydrogen) atoms. The van der Waals surface area contributed by atoms with Crippen molar-refractivity contribution in [2.75, 3.05) is 19.7 Å². The van der Waals surface area contributed by atoms with Crippen LogP contribution in [0.25, 0.3) is 0 Å². The molecule has 1 aliphatic heterocycles. The Hall–Kier alpha value is -3.67. The summed E-state index contributed by atoms with van der Waals surface area (Å²) in [6, 6.07) is 11.1. The number of likely N-dealkylation sites (tertiary alicyclic amines) is 1. The fourth-order valence-corrected chi connectivity index (χ4v) is 4.61. The van der Waals surface area contributed by atoms with Gasteiger partial charge in [-0.3, -0.25) is 9.78 Å². The maximum absolute atomic E-state index is 12.6. The van der Waals surface area contributed by atoms with Crippen LogP contribution in [-0.4, -0.2) is 72.2 Å². The van der Waals surface area contributed by atoms with Gasteiger partial charge in [-0.25, -0.2) is 9.48 Å². The number of carboxylic acids is 1. The molecule has 12 heteroatoms. The predicted octanol–water partition coefficient (Wildman–Crippen LogP) is 2.92. The zero-order valence-corrected chi connectivity index (χ0v) is 19.8. The molecule has 0 saturated carbocycles. The van der Waals surface area contributed by atoms with Gasteiger partial charge in [-0.1, -0.05) is 23.9 Å². The zero-order valence-electron chi connectivity index (χ0n) is 19.0. The van der Waals surface area contributed by atoms with Crippen LogP contribution in [0.3, 0.4) is 0 Å². The molecular formula is C23H26N6O5S. The third-order valence-corrected chi connectivity index (χ3v) is 6.74. The lowest BCUT2D eigenvalue weighted by Crippen LogP contribution is -2.41. The minimum atomic E-state index is -0.896. The van der Waals surface area contributed by atoms with Crippen LogP contribution in [0.4, 0.5) is 4.79 Å². The van der Waals surface area contributed by atoms with E-state index in [0.29, 0.717) is 30.6 Å². The molecule has 0 atom stereocenters. The summed E-state index contributed by atoms with van der Waals surface area (Å²) in [5, 5.41) is 21.2. The predicted molar refractivity (Wildman–Crippen MR) is 126 cm³/mol. The average molecular weight is 499 g/mol. The number of hydrogen-bond acceptors (Lipinski definition) is 9. The second-order valence-electron chi connectivity index (χ2n) is 7.93. The third-order valence-electron chi connectivity index (χ3n) is 5.43. The van der Waals surface area contributed by atoms with Crippen LogP contribution in [0.1, 0.15) is 24.8 Å². The fourth-order valence-electron chi connectivity index (χ4n) is 3.54. The highest BCUT2D eigenvalue weighted by atomic mass is 32.2. The number of carboxylic acid groups (broad SMARTS) is 1. The van der Waals surface area contributed by atoms with Gasteiger partial charge in [0.15, 0.2) is 0 Å². The van der Waals surface area contributed by atoms with Crippen molar-refractivity contribution in [3.8, 4) is 11.5 Å². The van der Waals surface area contributed by atoms with Crippen LogP contribution in [-0.2, 0) is 17.8 Å². The molecule has 1 saturated heterocycles. The first-order valence-electron chi connectivity index (χ1n) is 11.3. The van der Waals surface area contributed by atoms with Gasteiger partial charge in [0.1, 0.15) is 11.5 Å². The number of ether oxygens (including phenoxy) is 2. The standard InChI is InChI=1S/C23H26N6O5S/c30-21(31)9-14-29-22(25-26-27-29)35-20-7-12-28(13-8-20)23(32)34-18-5-3-17(4-6-18)10-15-33-19-2-1-11-24-16-19/h1-6,11,16,20H,7-10,12-15H2,(H,30,31). The number of amides is 1. The van der Waals surface area contributed by atoms with Gasteiger partial charge in [-0.2, -0.15) is 0 Å². The van der Waals surface area contributed by atoms with E-state index in [0.717, 1.165) is 30.6 Å². The molecular weight excluding hydrogens is 472 g/mol. The van der Waals surface area contributed by atoms with Crippen LogP contribution >= 0.6 is 11.8 Å². The summed E-state index contributed by atoms with van der Waals surface area (Å²) in [4.78, 5) is 29.1. The van der Waals surface area contributed by atoms with Crippen molar-refractivity contribution in [2.45, 2.75) is 42.6 Å². The van der Waals surface area contributed by atoms with E-state index in [4.69, 9.17) is 14.6 Å². The molecule has 0 spiro atoms. The molecule has 0 radical (unpaired) electrons. The number of thioether (sulfide) groups is 1. The van der Waals surface area contributed by atoms with Gasteiger partial charge in [0.05, 0.1) is 25.8 Å². The molecule has 0 aliphatic carbocycles. The fraction of sp³-hybridized carbons (Fsp3) is 0.391. The minimum absolute atomic E-state index is 0.0386. The lowest BCUT2D eigenvalue weighted by Gasteiger charge is -2.30. The van der Waals surface area contributed by atoms with Crippen molar-refractivity contribution in [3.63, 3.8) is 0 Å². The molecule has 0 bridgehead atoms. The summed E-state index contributed by atoms with van der Waals surface area (Å²) >= 11 is 1.52. The van der Waals surface area contributed by atoms with Gasteiger partial charge in [-0.05, 0) is 53.1 Å². The van der Waals surface area contributed by atoms with Crippen molar-refractivity contribution in [3.05, 3.63) is 54.4 Å². The minimum Gasteiger partial charge on any atom is -0.492 e. The molecule has 3 heterocycles. The lowest BCUT2D eigenvalue weighted by molar-refractivity contribution is -0.137. The Kier molecular flexibility index (Phi) is 8.49. The lowest BCUT2D eigenvalue weighted by atomic mass is 10.1. The van der Waals surface area contributed by atoms with Crippen molar-refractivity contribution in [1.29, 1.82) is 0 Å². The van der Waals surface area contributed by atoms with Crippen LogP contribution in [0.5, 0.6) is 11.5 Å². The Balaban J connectivity index is 1.18. The smallest absolute Gasteiger partial charge is 0.415 e. The number of aliphatic carboxylic acids is 1. The monoisotopic (exact) mass is 498 g/mol. The zero-order chi connectivity index (χ0) is 24.5. The molecule has 184 valence electrons. The number of hydrogen-bond donors (Lipinski definition) is 1. The number of nitrogens with zero attached hydrogens (tertiary/aromatic N) is 6. The summed E-state index contributed by atoms with van der Waals surface area (Å²) in [6.07, 6.45) is 5.23. The van der Waals surface area contributed by atoms with E-state index >= 15 is 0 Å². The molecule has 1 N–H and O–H groups in total. The van der Waals surface area contributed by atoms with E-state index in [1.54, 1.807) is 29.4 Å². The van der Waals surface area contributed by atoms with Gasteiger partial charge in [0.25, 0.3) is 0 Å². The first kappa shape index (κ1) is 24.5. The largest absolute Gasteiger partial charge is 0.492 e. The third kappa shape index (κ3) is 7.41. The van der Waals surface area contributed by atoms with Crippen molar-refractivity contribution >= 4 is 23.8 Å². The SMILES string of the molecule is O=C(O)CCn1nnnc1SC1CCN(C(=O)Oc2ccc(CCOc3cccnc3)cc2)CC1. The number of aromatic nitrogens is 5.